The van der Waals surface area contributed by atoms with E-state index in [2.05, 4.69) is 22.3 Å². The Hall–Kier alpha value is -3.71. The number of fused-ring (bicyclic) bond motifs is 1. The number of hydrogen-bond donors (Lipinski definition) is 0. The Bertz CT molecular complexity index is 1460. The van der Waals surface area contributed by atoms with Crippen LogP contribution in [0.15, 0.2) is 93.3 Å². The largest absolute Gasteiger partial charge is 0.338 e. The Morgan fingerprint density at radius 1 is 0.909 bits per heavy atom. The lowest BCUT2D eigenvalue weighted by atomic mass is 10.1. The molecule has 5 aromatic rings. The van der Waals surface area contributed by atoms with Crippen molar-refractivity contribution in [2.75, 3.05) is 0 Å². The normalized spacial score (nSPS) is 11.2. The molecule has 6 nitrogen and oxygen atoms in total. The number of benzene rings is 3. The topological polar surface area (TPSA) is 73.8 Å². The van der Waals surface area contributed by atoms with Gasteiger partial charge in [0.1, 0.15) is 0 Å². The lowest BCUT2D eigenvalue weighted by molar-refractivity contribution is 0.391. The van der Waals surface area contributed by atoms with Crippen molar-refractivity contribution in [1.29, 1.82) is 0 Å². The first kappa shape index (κ1) is 21.2. The van der Waals surface area contributed by atoms with Crippen LogP contribution in [0.1, 0.15) is 17.0 Å². The molecule has 0 fully saturated rings. The van der Waals surface area contributed by atoms with Gasteiger partial charge in [0.25, 0.3) is 5.56 Å². The Kier molecular flexibility index (Phi) is 6.04. The maximum absolute atomic E-state index is 13.3. The second-order valence-electron chi connectivity index (χ2n) is 7.72. The number of para-hydroxylation sites is 1. The Balaban J connectivity index is 1.42. The number of aromatic nitrogens is 4. The second-order valence-corrected chi connectivity index (χ2v) is 8.66. The summed E-state index contributed by atoms with van der Waals surface area (Å²) in [6.07, 6.45) is 0.742. The molecule has 33 heavy (non-hydrogen) atoms. The molecule has 0 saturated heterocycles. The molecule has 0 aliphatic carbocycles. The Labute approximate surface area is 195 Å². The zero-order valence-electron chi connectivity index (χ0n) is 18.1. The minimum Gasteiger partial charge on any atom is -0.338 e. The highest BCUT2D eigenvalue weighted by molar-refractivity contribution is 7.98. The maximum atomic E-state index is 13.3. The van der Waals surface area contributed by atoms with Crippen LogP contribution in [0.2, 0.25) is 0 Å². The number of rotatable bonds is 7. The van der Waals surface area contributed by atoms with E-state index in [4.69, 9.17) is 9.51 Å². The highest BCUT2D eigenvalue weighted by Gasteiger charge is 2.15. The van der Waals surface area contributed by atoms with Crippen LogP contribution in [0.3, 0.4) is 0 Å². The number of aryl methyl sites for hydroxylation is 2. The molecule has 2 heterocycles. The van der Waals surface area contributed by atoms with E-state index in [0.29, 0.717) is 40.1 Å². The third-order valence-corrected chi connectivity index (χ3v) is 6.43. The van der Waals surface area contributed by atoms with E-state index in [1.165, 1.54) is 17.3 Å². The summed E-state index contributed by atoms with van der Waals surface area (Å²) in [6, 6.07) is 25.5. The Morgan fingerprint density at radius 3 is 2.52 bits per heavy atom. The molecule has 0 atom stereocenters. The van der Waals surface area contributed by atoms with Crippen molar-refractivity contribution in [3.63, 3.8) is 0 Å². The maximum Gasteiger partial charge on any atom is 0.262 e. The molecule has 164 valence electrons. The highest BCUT2D eigenvalue weighted by atomic mass is 32.2. The van der Waals surface area contributed by atoms with Gasteiger partial charge in [0.15, 0.2) is 5.16 Å². The van der Waals surface area contributed by atoms with Gasteiger partial charge in [-0.15, -0.1) is 0 Å². The van der Waals surface area contributed by atoms with E-state index in [1.807, 2.05) is 73.7 Å². The molecule has 0 N–H and O–H groups in total. The summed E-state index contributed by atoms with van der Waals surface area (Å²) < 4.78 is 7.23. The van der Waals surface area contributed by atoms with Crippen LogP contribution in [0, 0.1) is 6.92 Å². The molecular weight excluding hydrogens is 432 g/mol. The first-order valence-corrected chi connectivity index (χ1v) is 11.7. The summed E-state index contributed by atoms with van der Waals surface area (Å²) in [4.78, 5) is 22.6. The fraction of sp³-hybridized carbons (Fsp3) is 0.154. The SMILES string of the molecule is Cc1ccccc1-c1noc(CSc2nc3ccccc3c(=O)n2CCc2ccccc2)n1. The van der Waals surface area contributed by atoms with Crippen LogP contribution in [0.25, 0.3) is 22.3 Å². The first-order chi connectivity index (χ1) is 16.2. The zero-order chi connectivity index (χ0) is 22.6. The quantitative estimate of drug-likeness (QED) is 0.246. The van der Waals surface area contributed by atoms with Crippen molar-refractivity contribution in [3.8, 4) is 11.4 Å². The van der Waals surface area contributed by atoms with Crippen LogP contribution in [-0.4, -0.2) is 19.7 Å². The average Bonchev–Trinajstić information content (AvgIpc) is 3.32. The molecular formula is C26H22N4O2S. The summed E-state index contributed by atoms with van der Waals surface area (Å²) in [5.74, 6) is 1.49. The predicted molar refractivity (Wildman–Crippen MR) is 130 cm³/mol. The molecule has 0 aliphatic heterocycles. The minimum atomic E-state index is -0.0369. The third kappa shape index (κ3) is 4.59. The summed E-state index contributed by atoms with van der Waals surface area (Å²) >= 11 is 1.43. The van der Waals surface area contributed by atoms with Gasteiger partial charge in [0.05, 0.1) is 16.7 Å². The van der Waals surface area contributed by atoms with Crippen molar-refractivity contribution in [2.24, 2.45) is 0 Å². The second kappa shape index (κ2) is 9.42. The molecule has 0 radical (unpaired) electrons. The van der Waals surface area contributed by atoms with Gasteiger partial charge in [0.2, 0.25) is 11.7 Å². The van der Waals surface area contributed by atoms with Crippen LogP contribution in [0.4, 0.5) is 0 Å². The van der Waals surface area contributed by atoms with Gasteiger partial charge in [-0.2, -0.15) is 4.98 Å². The van der Waals surface area contributed by atoms with E-state index < -0.39 is 0 Å². The molecule has 0 unspecified atom stereocenters. The van der Waals surface area contributed by atoms with E-state index in [-0.39, 0.29) is 5.56 Å². The summed E-state index contributed by atoms with van der Waals surface area (Å²) in [5, 5.41) is 5.40. The van der Waals surface area contributed by atoms with Crippen molar-refractivity contribution in [2.45, 2.75) is 30.8 Å². The van der Waals surface area contributed by atoms with Gasteiger partial charge in [-0.1, -0.05) is 83.6 Å². The molecule has 5 rings (SSSR count). The lowest BCUT2D eigenvalue weighted by Gasteiger charge is -2.12. The summed E-state index contributed by atoms with van der Waals surface area (Å²) in [5.41, 5.74) is 3.86. The zero-order valence-corrected chi connectivity index (χ0v) is 19.0. The molecule has 0 bridgehead atoms. The lowest BCUT2D eigenvalue weighted by Crippen LogP contribution is -2.24. The van der Waals surface area contributed by atoms with Crippen LogP contribution < -0.4 is 5.56 Å². The molecule has 0 aliphatic rings. The van der Waals surface area contributed by atoms with Crippen LogP contribution in [-0.2, 0) is 18.7 Å². The third-order valence-electron chi connectivity index (χ3n) is 5.47. The van der Waals surface area contributed by atoms with Gasteiger partial charge < -0.3 is 4.52 Å². The summed E-state index contributed by atoms with van der Waals surface area (Å²) in [6.45, 7) is 2.56. The van der Waals surface area contributed by atoms with Gasteiger partial charge in [0, 0.05) is 12.1 Å². The summed E-state index contributed by atoms with van der Waals surface area (Å²) in [7, 11) is 0. The minimum absolute atomic E-state index is 0.0369. The van der Waals surface area contributed by atoms with Crippen LogP contribution >= 0.6 is 11.8 Å². The van der Waals surface area contributed by atoms with Crippen molar-refractivity contribution < 1.29 is 4.52 Å². The van der Waals surface area contributed by atoms with Crippen molar-refractivity contribution >= 4 is 22.7 Å². The molecule has 0 saturated carbocycles. The smallest absolute Gasteiger partial charge is 0.262 e. The van der Waals surface area contributed by atoms with Gasteiger partial charge in [-0.05, 0) is 36.6 Å². The molecule has 3 aromatic carbocycles. The Morgan fingerprint density at radius 2 is 1.67 bits per heavy atom. The fourth-order valence-corrected chi connectivity index (χ4v) is 4.58. The predicted octanol–water partition coefficient (Wildman–Crippen LogP) is 5.29. The van der Waals surface area contributed by atoms with Gasteiger partial charge >= 0.3 is 0 Å². The van der Waals surface area contributed by atoms with E-state index >= 15 is 0 Å². The molecule has 2 aromatic heterocycles. The van der Waals surface area contributed by atoms with Crippen molar-refractivity contribution in [1.82, 2.24) is 19.7 Å². The number of thioether (sulfide) groups is 1. The number of hydrogen-bond acceptors (Lipinski definition) is 6. The monoisotopic (exact) mass is 454 g/mol. The van der Waals surface area contributed by atoms with E-state index in [9.17, 15) is 4.79 Å². The standard InChI is InChI=1S/C26H22N4O2S/c1-18-9-5-6-12-20(18)24-28-23(32-29-24)17-33-26-27-22-14-8-7-13-21(22)25(31)30(26)16-15-19-10-3-2-4-11-19/h2-14H,15-17H2,1H3. The molecule has 0 spiro atoms. The average molecular weight is 455 g/mol. The van der Waals surface area contributed by atoms with E-state index in [0.717, 1.165) is 17.5 Å². The van der Waals surface area contributed by atoms with Gasteiger partial charge in [-0.25, -0.2) is 4.98 Å². The van der Waals surface area contributed by atoms with E-state index in [1.54, 1.807) is 4.57 Å². The van der Waals surface area contributed by atoms with Crippen molar-refractivity contribution in [3.05, 3.63) is 106 Å². The molecule has 0 amide bonds. The number of nitrogens with zero attached hydrogens (tertiary/aromatic N) is 4. The first-order valence-electron chi connectivity index (χ1n) is 10.7. The van der Waals surface area contributed by atoms with Crippen LogP contribution in [0.5, 0.6) is 0 Å². The molecule has 7 heteroatoms. The highest BCUT2D eigenvalue weighted by Crippen LogP contribution is 2.25. The van der Waals surface area contributed by atoms with Gasteiger partial charge in [-0.3, -0.25) is 9.36 Å². The fourth-order valence-electron chi connectivity index (χ4n) is 3.71.